The molecule has 5 nitrogen and oxygen atoms in total. The summed E-state index contributed by atoms with van der Waals surface area (Å²) in [7, 11) is 0. The highest BCUT2D eigenvalue weighted by molar-refractivity contribution is 5.79. The minimum absolute atomic E-state index is 0.408. The largest absolute Gasteiger partial charge is 0.467 e. The van der Waals surface area contributed by atoms with Crippen molar-refractivity contribution in [3.8, 4) is 0 Å². The number of nitrogens with zero attached hydrogens (tertiary/aromatic N) is 2. The van der Waals surface area contributed by atoms with Crippen LogP contribution in [0, 0.1) is 0 Å². The van der Waals surface area contributed by atoms with Gasteiger partial charge >= 0.3 is 0 Å². The lowest BCUT2D eigenvalue weighted by molar-refractivity contribution is 0.357. The number of hydrogen-bond acceptors (Lipinski definition) is 3. The maximum absolute atomic E-state index is 5.64. The molecule has 1 aromatic rings. The molecule has 1 aliphatic carbocycles. The maximum atomic E-state index is 5.64. The number of hydrazine groups is 1. The van der Waals surface area contributed by atoms with Gasteiger partial charge in [-0.2, -0.15) is 0 Å². The second kappa shape index (κ2) is 7.19. The Morgan fingerprint density at radius 2 is 2.26 bits per heavy atom. The van der Waals surface area contributed by atoms with Crippen molar-refractivity contribution in [1.82, 2.24) is 10.3 Å². The molecule has 0 spiro atoms. The lowest BCUT2D eigenvalue weighted by Gasteiger charge is -2.26. The van der Waals surface area contributed by atoms with E-state index in [-0.39, 0.29) is 0 Å². The summed E-state index contributed by atoms with van der Waals surface area (Å²) >= 11 is 0. The zero-order chi connectivity index (χ0) is 13.5. The first-order valence-corrected chi connectivity index (χ1v) is 7.15. The van der Waals surface area contributed by atoms with E-state index in [0.717, 1.165) is 18.3 Å². The molecular weight excluding hydrogens is 240 g/mol. The number of aliphatic imine (C=N–C) groups is 1. The average Bonchev–Trinajstić information content (AvgIpc) is 2.96. The number of nitrogens with one attached hydrogen (secondary N) is 1. The lowest BCUT2D eigenvalue weighted by atomic mass is 9.96. The number of guanidine groups is 1. The second-order valence-corrected chi connectivity index (χ2v) is 4.98. The van der Waals surface area contributed by atoms with Crippen LogP contribution in [-0.2, 0) is 6.54 Å². The van der Waals surface area contributed by atoms with Crippen LogP contribution in [0.15, 0.2) is 27.8 Å². The van der Waals surface area contributed by atoms with Gasteiger partial charge < -0.3 is 9.32 Å². The minimum Gasteiger partial charge on any atom is -0.467 e. The number of furan rings is 1. The molecule has 1 saturated carbocycles. The Labute approximate surface area is 114 Å². The smallest absolute Gasteiger partial charge is 0.209 e. The van der Waals surface area contributed by atoms with Crippen LogP contribution in [0.2, 0.25) is 0 Å². The molecule has 2 rings (SSSR count). The number of rotatable bonds is 4. The molecule has 0 aromatic carbocycles. The molecule has 1 fully saturated rings. The van der Waals surface area contributed by atoms with Crippen LogP contribution in [0.5, 0.6) is 0 Å². The topological polar surface area (TPSA) is 66.8 Å². The van der Waals surface area contributed by atoms with Gasteiger partial charge in [-0.05, 0) is 31.9 Å². The molecule has 3 N–H and O–H groups in total. The molecular formula is C14H24N4O. The first-order valence-electron chi connectivity index (χ1n) is 7.15. The van der Waals surface area contributed by atoms with E-state index in [1.54, 1.807) is 6.26 Å². The third-order valence-corrected chi connectivity index (χ3v) is 3.62. The minimum atomic E-state index is 0.408. The summed E-state index contributed by atoms with van der Waals surface area (Å²) in [5.41, 5.74) is 2.75. The van der Waals surface area contributed by atoms with Gasteiger partial charge in [0.25, 0.3) is 0 Å². The second-order valence-electron chi connectivity index (χ2n) is 4.98. The quantitative estimate of drug-likeness (QED) is 0.379. The summed E-state index contributed by atoms with van der Waals surface area (Å²) < 4.78 is 5.39. The van der Waals surface area contributed by atoms with Gasteiger partial charge in [-0.25, -0.2) is 10.8 Å². The first-order chi connectivity index (χ1) is 9.33. The zero-order valence-corrected chi connectivity index (χ0v) is 11.6. The van der Waals surface area contributed by atoms with Gasteiger partial charge in [0.15, 0.2) is 0 Å². The SMILES string of the molecule is CCN(Cc1ccco1)C(=NC1CCCCC1)NN. The molecule has 19 heavy (non-hydrogen) atoms. The Morgan fingerprint density at radius 3 is 2.84 bits per heavy atom. The summed E-state index contributed by atoms with van der Waals surface area (Å²) in [6, 6.07) is 4.28. The highest BCUT2D eigenvalue weighted by Crippen LogP contribution is 2.20. The van der Waals surface area contributed by atoms with Gasteiger partial charge in [0.2, 0.25) is 5.96 Å². The summed E-state index contributed by atoms with van der Waals surface area (Å²) in [6.07, 6.45) is 7.91. The fourth-order valence-electron chi connectivity index (χ4n) is 2.52. The zero-order valence-electron chi connectivity index (χ0n) is 11.6. The van der Waals surface area contributed by atoms with Gasteiger partial charge in [0.1, 0.15) is 5.76 Å². The Hall–Kier alpha value is -1.49. The van der Waals surface area contributed by atoms with E-state index in [2.05, 4.69) is 17.2 Å². The molecule has 0 bridgehead atoms. The Morgan fingerprint density at radius 1 is 1.47 bits per heavy atom. The van der Waals surface area contributed by atoms with Gasteiger partial charge in [-0.15, -0.1) is 0 Å². The molecule has 0 saturated heterocycles. The molecule has 0 unspecified atom stereocenters. The van der Waals surface area contributed by atoms with Crippen molar-refractivity contribution in [3.63, 3.8) is 0 Å². The molecule has 0 radical (unpaired) electrons. The van der Waals surface area contributed by atoms with E-state index in [0.29, 0.717) is 12.6 Å². The molecule has 0 atom stereocenters. The van der Waals surface area contributed by atoms with Crippen LogP contribution in [0.3, 0.4) is 0 Å². The molecule has 0 amide bonds. The van der Waals surface area contributed by atoms with Crippen molar-refractivity contribution in [2.75, 3.05) is 6.54 Å². The van der Waals surface area contributed by atoms with Crippen molar-refractivity contribution in [2.45, 2.75) is 51.6 Å². The highest BCUT2D eigenvalue weighted by Gasteiger charge is 2.16. The average molecular weight is 264 g/mol. The van der Waals surface area contributed by atoms with E-state index >= 15 is 0 Å². The number of nitrogens with two attached hydrogens (primary N) is 1. The van der Waals surface area contributed by atoms with E-state index in [1.807, 2.05) is 12.1 Å². The predicted octanol–water partition coefficient (Wildman–Crippen LogP) is 2.25. The first kappa shape index (κ1) is 13.9. The van der Waals surface area contributed by atoms with Gasteiger partial charge in [0, 0.05) is 6.54 Å². The van der Waals surface area contributed by atoms with Gasteiger partial charge in [-0.3, -0.25) is 5.43 Å². The van der Waals surface area contributed by atoms with Crippen LogP contribution in [0.4, 0.5) is 0 Å². The van der Waals surface area contributed by atoms with Crippen LogP contribution >= 0.6 is 0 Å². The summed E-state index contributed by atoms with van der Waals surface area (Å²) in [6.45, 7) is 3.63. The fourth-order valence-corrected chi connectivity index (χ4v) is 2.52. The summed E-state index contributed by atoms with van der Waals surface area (Å²) in [4.78, 5) is 6.88. The summed E-state index contributed by atoms with van der Waals surface area (Å²) in [5, 5.41) is 0. The van der Waals surface area contributed by atoms with Crippen LogP contribution in [0.1, 0.15) is 44.8 Å². The van der Waals surface area contributed by atoms with Gasteiger partial charge in [-0.1, -0.05) is 19.3 Å². The molecule has 1 heterocycles. The lowest BCUT2D eigenvalue weighted by Crippen LogP contribution is -2.45. The monoisotopic (exact) mass is 264 g/mol. The van der Waals surface area contributed by atoms with Crippen molar-refractivity contribution < 1.29 is 4.42 Å². The fraction of sp³-hybridized carbons (Fsp3) is 0.643. The Kier molecular flexibility index (Phi) is 5.27. The van der Waals surface area contributed by atoms with Crippen LogP contribution in [-0.4, -0.2) is 23.4 Å². The van der Waals surface area contributed by atoms with Crippen molar-refractivity contribution in [2.24, 2.45) is 10.8 Å². The summed E-state index contributed by atoms with van der Waals surface area (Å²) in [5.74, 6) is 7.34. The molecule has 5 heteroatoms. The van der Waals surface area contributed by atoms with Crippen LogP contribution < -0.4 is 11.3 Å². The standard InChI is InChI=1S/C14H24N4O/c1-2-18(11-13-9-6-10-19-13)14(17-15)16-12-7-4-3-5-8-12/h6,9-10,12H,2-5,7-8,11,15H2,1H3,(H,16,17). The third kappa shape index (κ3) is 3.99. The van der Waals surface area contributed by atoms with Crippen molar-refractivity contribution in [1.29, 1.82) is 0 Å². The maximum Gasteiger partial charge on any atom is 0.209 e. The molecule has 0 aliphatic heterocycles. The van der Waals surface area contributed by atoms with E-state index in [1.165, 1.54) is 32.1 Å². The molecule has 1 aliphatic rings. The Bertz CT molecular complexity index is 382. The predicted molar refractivity (Wildman–Crippen MR) is 76.4 cm³/mol. The van der Waals surface area contributed by atoms with E-state index in [9.17, 15) is 0 Å². The third-order valence-electron chi connectivity index (χ3n) is 3.62. The van der Waals surface area contributed by atoms with E-state index < -0.39 is 0 Å². The van der Waals surface area contributed by atoms with Crippen molar-refractivity contribution in [3.05, 3.63) is 24.2 Å². The molecule has 106 valence electrons. The highest BCUT2D eigenvalue weighted by atomic mass is 16.3. The van der Waals surface area contributed by atoms with Crippen molar-refractivity contribution >= 4 is 5.96 Å². The normalized spacial score (nSPS) is 17.5. The number of hydrogen-bond donors (Lipinski definition) is 2. The molecule has 1 aromatic heterocycles. The van der Waals surface area contributed by atoms with Gasteiger partial charge in [0.05, 0.1) is 18.8 Å². The van der Waals surface area contributed by atoms with Crippen LogP contribution in [0.25, 0.3) is 0 Å². The van der Waals surface area contributed by atoms with E-state index in [4.69, 9.17) is 15.3 Å². The Balaban J connectivity index is 2.02.